The van der Waals surface area contributed by atoms with E-state index in [1.807, 2.05) is 24.3 Å². The molecule has 0 aliphatic heterocycles. The largest absolute Gasteiger partial charge is 0.324 e. The lowest BCUT2D eigenvalue weighted by molar-refractivity contribution is 0.618. The molecule has 0 radical (unpaired) electrons. The standard InChI is InChI=1S/C14H12Br2FN/c15-11-4-2-10(3-5-11)14(18)8-9-1-6-13(17)12(16)7-9/h1-7,14H,8,18H2. The normalized spacial score (nSPS) is 12.4. The Balaban J connectivity index is 2.13. The van der Waals surface area contributed by atoms with Crippen molar-refractivity contribution in [1.82, 2.24) is 0 Å². The topological polar surface area (TPSA) is 26.0 Å². The van der Waals surface area contributed by atoms with E-state index >= 15 is 0 Å². The summed E-state index contributed by atoms with van der Waals surface area (Å²) in [7, 11) is 0. The predicted molar refractivity (Wildman–Crippen MR) is 78.9 cm³/mol. The third-order valence-corrected chi connectivity index (χ3v) is 3.87. The second-order valence-electron chi connectivity index (χ2n) is 4.11. The molecule has 0 amide bonds. The van der Waals surface area contributed by atoms with Crippen LogP contribution in [-0.2, 0) is 6.42 Å². The number of benzene rings is 2. The minimum Gasteiger partial charge on any atom is -0.324 e. The lowest BCUT2D eigenvalue weighted by Gasteiger charge is -2.12. The van der Waals surface area contributed by atoms with Crippen LogP contribution in [0.4, 0.5) is 4.39 Å². The molecule has 0 saturated heterocycles. The smallest absolute Gasteiger partial charge is 0.137 e. The first-order chi connectivity index (χ1) is 8.56. The van der Waals surface area contributed by atoms with Crippen LogP contribution in [-0.4, -0.2) is 0 Å². The van der Waals surface area contributed by atoms with Crippen LogP contribution in [0.1, 0.15) is 17.2 Å². The van der Waals surface area contributed by atoms with Crippen LogP contribution in [0.25, 0.3) is 0 Å². The van der Waals surface area contributed by atoms with Gasteiger partial charge in [-0.15, -0.1) is 0 Å². The van der Waals surface area contributed by atoms with E-state index < -0.39 is 0 Å². The van der Waals surface area contributed by atoms with Gasteiger partial charge in [0.1, 0.15) is 5.82 Å². The Morgan fingerprint density at radius 1 is 1.06 bits per heavy atom. The van der Waals surface area contributed by atoms with Crippen LogP contribution in [0.5, 0.6) is 0 Å². The zero-order valence-electron chi connectivity index (χ0n) is 9.54. The van der Waals surface area contributed by atoms with E-state index in [2.05, 4.69) is 31.9 Å². The van der Waals surface area contributed by atoms with E-state index in [0.29, 0.717) is 10.9 Å². The highest BCUT2D eigenvalue weighted by Gasteiger charge is 2.08. The van der Waals surface area contributed by atoms with Gasteiger partial charge in [0, 0.05) is 10.5 Å². The molecule has 0 saturated carbocycles. The molecule has 1 atom stereocenters. The number of hydrogen-bond acceptors (Lipinski definition) is 1. The molecule has 0 spiro atoms. The molecular formula is C14H12Br2FN. The van der Waals surface area contributed by atoms with Crippen molar-refractivity contribution in [3.63, 3.8) is 0 Å². The zero-order valence-corrected chi connectivity index (χ0v) is 12.7. The van der Waals surface area contributed by atoms with Crippen LogP contribution >= 0.6 is 31.9 Å². The van der Waals surface area contributed by atoms with Crippen LogP contribution in [0.2, 0.25) is 0 Å². The molecule has 2 rings (SSSR count). The quantitative estimate of drug-likeness (QED) is 0.837. The first-order valence-electron chi connectivity index (χ1n) is 5.51. The Hall–Kier alpha value is -0.710. The third kappa shape index (κ3) is 3.40. The summed E-state index contributed by atoms with van der Waals surface area (Å²) < 4.78 is 14.6. The van der Waals surface area contributed by atoms with Crippen LogP contribution in [0.3, 0.4) is 0 Å². The van der Waals surface area contributed by atoms with E-state index in [-0.39, 0.29) is 11.9 Å². The van der Waals surface area contributed by atoms with Crippen molar-refractivity contribution in [3.05, 3.63) is 68.4 Å². The van der Waals surface area contributed by atoms with Crippen molar-refractivity contribution < 1.29 is 4.39 Å². The number of hydrogen-bond donors (Lipinski definition) is 1. The number of halogens is 3. The van der Waals surface area contributed by atoms with Gasteiger partial charge in [0.2, 0.25) is 0 Å². The van der Waals surface area contributed by atoms with E-state index in [1.165, 1.54) is 6.07 Å². The van der Waals surface area contributed by atoms with Gasteiger partial charge in [-0.1, -0.05) is 34.1 Å². The summed E-state index contributed by atoms with van der Waals surface area (Å²) in [6.45, 7) is 0. The van der Waals surface area contributed by atoms with Gasteiger partial charge in [-0.2, -0.15) is 0 Å². The van der Waals surface area contributed by atoms with E-state index in [9.17, 15) is 4.39 Å². The van der Waals surface area contributed by atoms with Gasteiger partial charge in [0.15, 0.2) is 0 Å². The predicted octanol–water partition coefficient (Wildman–Crippen LogP) is 4.59. The van der Waals surface area contributed by atoms with Gasteiger partial charge in [0.25, 0.3) is 0 Å². The first-order valence-corrected chi connectivity index (χ1v) is 7.10. The van der Waals surface area contributed by atoms with Crippen LogP contribution in [0.15, 0.2) is 51.4 Å². The fourth-order valence-corrected chi connectivity index (χ4v) is 2.44. The summed E-state index contributed by atoms with van der Waals surface area (Å²) in [5.41, 5.74) is 8.22. The first kappa shape index (κ1) is 13.7. The van der Waals surface area contributed by atoms with Crippen molar-refractivity contribution in [2.75, 3.05) is 0 Å². The van der Waals surface area contributed by atoms with E-state index in [4.69, 9.17) is 5.73 Å². The van der Waals surface area contributed by atoms with Gasteiger partial charge in [-0.05, 0) is 57.7 Å². The average Bonchev–Trinajstić information content (AvgIpc) is 2.34. The SMILES string of the molecule is NC(Cc1ccc(F)c(Br)c1)c1ccc(Br)cc1. The molecule has 0 aliphatic rings. The maximum atomic E-state index is 13.1. The molecule has 0 bridgehead atoms. The summed E-state index contributed by atoms with van der Waals surface area (Å²) in [5.74, 6) is -0.254. The lowest BCUT2D eigenvalue weighted by atomic mass is 10.00. The van der Waals surface area contributed by atoms with Gasteiger partial charge < -0.3 is 5.73 Å². The summed E-state index contributed by atoms with van der Waals surface area (Å²) >= 11 is 6.57. The molecule has 94 valence electrons. The fourth-order valence-electron chi connectivity index (χ4n) is 1.75. The number of rotatable bonds is 3. The molecule has 1 unspecified atom stereocenters. The summed E-state index contributed by atoms with van der Waals surface area (Å²) in [4.78, 5) is 0. The molecule has 2 aromatic rings. The average molecular weight is 373 g/mol. The summed E-state index contributed by atoms with van der Waals surface area (Å²) in [5, 5.41) is 0. The summed E-state index contributed by atoms with van der Waals surface area (Å²) in [6, 6.07) is 12.8. The molecule has 1 nitrogen and oxygen atoms in total. The highest BCUT2D eigenvalue weighted by atomic mass is 79.9. The maximum absolute atomic E-state index is 13.1. The molecule has 0 aromatic heterocycles. The van der Waals surface area contributed by atoms with Gasteiger partial charge in [-0.3, -0.25) is 0 Å². The second-order valence-corrected chi connectivity index (χ2v) is 5.88. The molecule has 18 heavy (non-hydrogen) atoms. The maximum Gasteiger partial charge on any atom is 0.137 e. The minimum atomic E-state index is -0.254. The van der Waals surface area contributed by atoms with Crippen LogP contribution < -0.4 is 5.73 Å². The van der Waals surface area contributed by atoms with Crippen molar-refractivity contribution in [2.45, 2.75) is 12.5 Å². The fraction of sp³-hybridized carbons (Fsp3) is 0.143. The highest BCUT2D eigenvalue weighted by Crippen LogP contribution is 2.22. The monoisotopic (exact) mass is 371 g/mol. The number of nitrogens with two attached hydrogens (primary N) is 1. The Kier molecular flexibility index (Phi) is 4.54. The zero-order chi connectivity index (χ0) is 13.1. The Bertz CT molecular complexity index is 540. The molecule has 0 fully saturated rings. The Morgan fingerprint density at radius 3 is 2.33 bits per heavy atom. The van der Waals surface area contributed by atoms with Gasteiger partial charge >= 0.3 is 0 Å². The van der Waals surface area contributed by atoms with Crippen LogP contribution in [0, 0.1) is 5.82 Å². The Labute approximate surface area is 122 Å². The Morgan fingerprint density at radius 2 is 1.72 bits per heavy atom. The van der Waals surface area contributed by atoms with Crippen molar-refractivity contribution in [2.24, 2.45) is 5.73 Å². The van der Waals surface area contributed by atoms with Gasteiger partial charge in [0.05, 0.1) is 4.47 Å². The van der Waals surface area contributed by atoms with Crippen molar-refractivity contribution in [3.8, 4) is 0 Å². The second kappa shape index (κ2) is 5.95. The molecular weight excluding hydrogens is 361 g/mol. The third-order valence-electron chi connectivity index (χ3n) is 2.74. The molecule has 0 aliphatic carbocycles. The minimum absolute atomic E-state index is 0.0875. The van der Waals surface area contributed by atoms with Gasteiger partial charge in [-0.25, -0.2) is 4.39 Å². The summed E-state index contributed by atoms with van der Waals surface area (Å²) in [6.07, 6.45) is 0.681. The highest BCUT2D eigenvalue weighted by molar-refractivity contribution is 9.10. The van der Waals surface area contributed by atoms with E-state index in [0.717, 1.165) is 15.6 Å². The van der Waals surface area contributed by atoms with Crippen molar-refractivity contribution in [1.29, 1.82) is 0 Å². The molecule has 4 heteroatoms. The molecule has 2 N–H and O–H groups in total. The lowest BCUT2D eigenvalue weighted by Crippen LogP contribution is -2.13. The van der Waals surface area contributed by atoms with E-state index in [1.54, 1.807) is 12.1 Å². The van der Waals surface area contributed by atoms with Crippen molar-refractivity contribution >= 4 is 31.9 Å². The molecule has 2 aromatic carbocycles. The molecule has 0 heterocycles.